The standard InChI is InChI=1S/C18H23NO4/c1-22-17(20)12-13-8-10-19(11-9-13)18(21)15-4-2-3-5-16(15)23-14-6-7-14/h2-5,13-14H,6-12H2,1H3. The molecule has 5 nitrogen and oxygen atoms in total. The summed E-state index contributed by atoms with van der Waals surface area (Å²) in [5.74, 6) is 0.858. The Morgan fingerprint density at radius 2 is 1.83 bits per heavy atom. The van der Waals surface area contributed by atoms with Crippen LogP contribution in [-0.4, -0.2) is 43.1 Å². The molecule has 124 valence electrons. The fraction of sp³-hybridized carbons (Fsp3) is 0.556. The molecule has 0 spiro atoms. The van der Waals surface area contributed by atoms with E-state index >= 15 is 0 Å². The van der Waals surface area contributed by atoms with Crippen LogP contribution in [0.25, 0.3) is 0 Å². The van der Waals surface area contributed by atoms with Crippen molar-refractivity contribution in [3.63, 3.8) is 0 Å². The van der Waals surface area contributed by atoms with E-state index in [1.807, 2.05) is 29.2 Å². The van der Waals surface area contributed by atoms with Crippen LogP contribution in [-0.2, 0) is 9.53 Å². The molecule has 1 saturated heterocycles. The number of hydrogen-bond acceptors (Lipinski definition) is 4. The minimum atomic E-state index is -0.169. The Morgan fingerprint density at radius 3 is 2.48 bits per heavy atom. The number of nitrogens with zero attached hydrogens (tertiary/aromatic N) is 1. The van der Waals surface area contributed by atoms with E-state index in [1.54, 1.807) is 0 Å². The number of ether oxygens (including phenoxy) is 2. The fourth-order valence-corrected chi connectivity index (χ4v) is 2.94. The molecule has 2 fully saturated rings. The molecular formula is C18H23NO4. The fourth-order valence-electron chi connectivity index (χ4n) is 2.94. The van der Waals surface area contributed by atoms with E-state index < -0.39 is 0 Å². The third-order valence-corrected chi connectivity index (χ3v) is 4.52. The summed E-state index contributed by atoms with van der Waals surface area (Å²) in [6, 6.07) is 7.48. The molecule has 0 aromatic heterocycles. The first kappa shape index (κ1) is 15.8. The van der Waals surface area contributed by atoms with Gasteiger partial charge in [0.25, 0.3) is 5.91 Å². The summed E-state index contributed by atoms with van der Waals surface area (Å²) in [5.41, 5.74) is 0.644. The molecule has 1 saturated carbocycles. The third kappa shape index (κ3) is 4.03. The van der Waals surface area contributed by atoms with Crippen molar-refractivity contribution in [2.24, 2.45) is 5.92 Å². The first-order chi connectivity index (χ1) is 11.2. The van der Waals surface area contributed by atoms with Gasteiger partial charge in [-0.3, -0.25) is 9.59 Å². The first-order valence-corrected chi connectivity index (χ1v) is 8.29. The van der Waals surface area contributed by atoms with E-state index in [4.69, 9.17) is 9.47 Å². The van der Waals surface area contributed by atoms with Crippen LogP contribution in [0.5, 0.6) is 5.75 Å². The lowest BCUT2D eigenvalue weighted by Crippen LogP contribution is -2.39. The number of amides is 1. The van der Waals surface area contributed by atoms with Gasteiger partial charge in [-0.15, -0.1) is 0 Å². The summed E-state index contributed by atoms with van der Waals surface area (Å²) in [5, 5.41) is 0. The largest absolute Gasteiger partial charge is 0.490 e. The van der Waals surface area contributed by atoms with Gasteiger partial charge in [0.2, 0.25) is 0 Å². The number of benzene rings is 1. The molecular weight excluding hydrogens is 294 g/mol. The highest BCUT2D eigenvalue weighted by molar-refractivity contribution is 5.97. The number of carbonyl (C=O) groups is 2. The highest BCUT2D eigenvalue weighted by atomic mass is 16.5. The highest BCUT2D eigenvalue weighted by Gasteiger charge is 2.29. The molecule has 1 aromatic rings. The number of rotatable bonds is 5. The van der Waals surface area contributed by atoms with Gasteiger partial charge in [0.1, 0.15) is 5.75 Å². The zero-order chi connectivity index (χ0) is 16.2. The highest BCUT2D eigenvalue weighted by Crippen LogP contribution is 2.30. The zero-order valence-corrected chi connectivity index (χ0v) is 13.5. The minimum Gasteiger partial charge on any atom is -0.490 e. The minimum absolute atomic E-state index is 0.0257. The van der Waals surface area contributed by atoms with Crippen molar-refractivity contribution in [2.75, 3.05) is 20.2 Å². The van der Waals surface area contributed by atoms with Crippen LogP contribution in [0.4, 0.5) is 0 Å². The number of para-hydroxylation sites is 1. The average molecular weight is 317 g/mol. The second kappa shape index (κ2) is 7.02. The Kier molecular flexibility index (Phi) is 4.84. The molecule has 0 bridgehead atoms. The Labute approximate surface area is 136 Å². The maximum Gasteiger partial charge on any atom is 0.305 e. The number of piperidine rings is 1. The van der Waals surface area contributed by atoms with E-state index in [1.165, 1.54) is 7.11 Å². The number of carbonyl (C=O) groups excluding carboxylic acids is 2. The third-order valence-electron chi connectivity index (χ3n) is 4.52. The number of methoxy groups -OCH3 is 1. The molecule has 1 aliphatic carbocycles. The molecule has 5 heteroatoms. The molecule has 1 aliphatic heterocycles. The van der Waals surface area contributed by atoms with E-state index in [9.17, 15) is 9.59 Å². The Bertz CT molecular complexity index is 574. The van der Waals surface area contributed by atoms with E-state index in [2.05, 4.69) is 0 Å². The van der Waals surface area contributed by atoms with Crippen molar-refractivity contribution < 1.29 is 19.1 Å². The second-order valence-electron chi connectivity index (χ2n) is 6.33. The van der Waals surface area contributed by atoms with Gasteiger partial charge in [0.15, 0.2) is 0 Å². The number of likely N-dealkylation sites (tertiary alicyclic amines) is 1. The number of esters is 1. The zero-order valence-electron chi connectivity index (χ0n) is 13.5. The van der Waals surface area contributed by atoms with Gasteiger partial charge in [0.05, 0.1) is 18.8 Å². The molecule has 1 amide bonds. The Balaban J connectivity index is 1.60. The van der Waals surface area contributed by atoms with E-state index in [0.29, 0.717) is 36.7 Å². The van der Waals surface area contributed by atoms with Gasteiger partial charge in [-0.2, -0.15) is 0 Å². The van der Waals surface area contributed by atoms with Crippen LogP contribution in [0.1, 0.15) is 42.5 Å². The maximum atomic E-state index is 12.8. The SMILES string of the molecule is COC(=O)CC1CCN(C(=O)c2ccccc2OC2CC2)CC1. The van der Waals surface area contributed by atoms with Crippen molar-refractivity contribution in [1.82, 2.24) is 4.90 Å². The predicted octanol–water partition coefficient (Wildman–Crippen LogP) is 2.64. The molecule has 0 atom stereocenters. The van der Waals surface area contributed by atoms with Crippen molar-refractivity contribution >= 4 is 11.9 Å². The topological polar surface area (TPSA) is 55.8 Å². The van der Waals surface area contributed by atoms with Crippen LogP contribution in [0, 0.1) is 5.92 Å². The maximum absolute atomic E-state index is 12.8. The van der Waals surface area contributed by atoms with E-state index in [0.717, 1.165) is 25.7 Å². The quantitative estimate of drug-likeness (QED) is 0.784. The van der Waals surface area contributed by atoms with Crippen LogP contribution in [0.15, 0.2) is 24.3 Å². The predicted molar refractivity (Wildman–Crippen MR) is 85.4 cm³/mol. The lowest BCUT2D eigenvalue weighted by molar-refractivity contribution is -0.142. The van der Waals surface area contributed by atoms with Crippen LogP contribution >= 0.6 is 0 Å². The first-order valence-electron chi connectivity index (χ1n) is 8.29. The lowest BCUT2D eigenvalue weighted by atomic mass is 9.93. The van der Waals surface area contributed by atoms with Crippen molar-refractivity contribution in [3.05, 3.63) is 29.8 Å². The average Bonchev–Trinajstić information content (AvgIpc) is 3.39. The summed E-state index contributed by atoms with van der Waals surface area (Å²) < 4.78 is 10.6. The monoisotopic (exact) mass is 317 g/mol. The molecule has 23 heavy (non-hydrogen) atoms. The van der Waals surface area contributed by atoms with Gasteiger partial charge >= 0.3 is 5.97 Å². The smallest absolute Gasteiger partial charge is 0.305 e. The normalized spacial score (nSPS) is 18.6. The molecule has 0 radical (unpaired) electrons. The van der Waals surface area contributed by atoms with Crippen LogP contribution < -0.4 is 4.74 Å². The molecule has 0 N–H and O–H groups in total. The van der Waals surface area contributed by atoms with Gasteiger partial charge in [-0.1, -0.05) is 12.1 Å². The van der Waals surface area contributed by atoms with Crippen molar-refractivity contribution in [2.45, 2.75) is 38.2 Å². The summed E-state index contributed by atoms with van der Waals surface area (Å²) in [6.45, 7) is 1.36. The summed E-state index contributed by atoms with van der Waals surface area (Å²) in [4.78, 5) is 26.0. The van der Waals surface area contributed by atoms with Gasteiger partial charge in [-0.25, -0.2) is 0 Å². The molecule has 1 heterocycles. The second-order valence-corrected chi connectivity index (χ2v) is 6.33. The van der Waals surface area contributed by atoms with Crippen LogP contribution in [0.3, 0.4) is 0 Å². The van der Waals surface area contributed by atoms with Gasteiger partial charge < -0.3 is 14.4 Å². The Hall–Kier alpha value is -2.04. The molecule has 1 aromatic carbocycles. The summed E-state index contributed by atoms with van der Waals surface area (Å²) in [6.07, 6.45) is 4.54. The summed E-state index contributed by atoms with van der Waals surface area (Å²) >= 11 is 0. The molecule has 3 rings (SSSR count). The lowest BCUT2D eigenvalue weighted by Gasteiger charge is -2.32. The van der Waals surface area contributed by atoms with Gasteiger partial charge in [-0.05, 0) is 43.7 Å². The van der Waals surface area contributed by atoms with E-state index in [-0.39, 0.29) is 18.0 Å². The molecule has 0 unspecified atom stereocenters. The van der Waals surface area contributed by atoms with Crippen LogP contribution in [0.2, 0.25) is 0 Å². The van der Waals surface area contributed by atoms with Crippen molar-refractivity contribution in [3.8, 4) is 5.75 Å². The van der Waals surface area contributed by atoms with Crippen molar-refractivity contribution in [1.29, 1.82) is 0 Å². The summed E-state index contributed by atoms with van der Waals surface area (Å²) in [7, 11) is 1.41. The number of hydrogen-bond donors (Lipinski definition) is 0. The Morgan fingerprint density at radius 1 is 1.13 bits per heavy atom. The van der Waals surface area contributed by atoms with Gasteiger partial charge in [0, 0.05) is 19.5 Å². The molecule has 2 aliphatic rings.